The Kier molecular flexibility index (Phi) is 6.11. The lowest BCUT2D eigenvalue weighted by molar-refractivity contribution is -0.126. The number of anilines is 1. The highest BCUT2D eigenvalue weighted by molar-refractivity contribution is 5.94. The third kappa shape index (κ3) is 4.40. The van der Waals surface area contributed by atoms with Crippen LogP contribution in [-0.4, -0.2) is 45.0 Å². The topological polar surface area (TPSA) is 82.8 Å². The predicted octanol–water partition coefficient (Wildman–Crippen LogP) is 1.30. The molecule has 1 aromatic carbocycles. The summed E-state index contributed by atoms with van der Waals surface area (Å²) in [6.45, 7) is 1.03. The van der Waals surface area contributed by atoms with Crippen molar-refractivity contribution in [3.63, 3.8) is 0 Å². The molecule has 0 spiro atoms. The summed E-state index contributed by atoms with van der Waals surface area (Å²) < 4.78 is 29.4. The van der Waals surface area contributed by atoms with Crippen molar-refractivity contribution >= 4 is 11.6 Å². The Morgan fingerprint density at radius 3 is 2.91 bits per heavy atom. The van der Waals surface area contributed by atoms with Gasteiger partial charge in [0.05, 0.1) is 12.7 Å². The standard InChI is InChI=1S/C15H21FN2O4/c1-20-6-7-21-13-4-2-10(8-12(13)16)18-15(19)14-5-3-11(9-17)22-14/h2,4,8,11,14H,3,5-7,9,17H2,1H3,(H,18,19)/t11-,14+/m1/s1. The SMILES string of the molecule is COCCOc1ccc(NC(=O)[C@@H]2CC[C@H](CN)O2)cc1F. The zero-order valence-corrected chi connectivity index (χ0v) is 12.5. The first kappa shape index (κ1) is 16.7. The Bertz CT molecular complexity index is 512. The number of hydrogen-bond acceptors (Lipinski definition) is 5. The minimum atomic E-state index is -0.541. The average molecular weight is 312 g/mol. The molecule has 1 aliphatic heterocycles. The van der Waals surface area contributed by atoms with Gasteiger partial charge in [0.2, 0.25) is 0 Å². The number of hydrogen-bond donors (Lipinski definition) is 2. The van der Waals surface area contributed by atoms with E-state index in [1.807, 2.05) is 0 Å². The van der Waals surface area contributed by atoms with Crippen LogP contribution >= 0.6 is 0 Å². The highest BCUT2D eigenvalue weighted by Gasteiger charge is 2.29. The Balaban J connectivity index is 1.90. The molecule has 6 nitrogen and oxygen atoms in total. The van der Waals surface area contributed by atoms with Crippen molar-refractivity contribution in [3.8, 4) is 5.75 Å². The molecule has 1 saturated heterocycles. The molecule has 2 rings (SSSR count). The summed E-state index contributed by atoms with van der Waals surface area (Å²) in [5.41, 5.74) is 5.87. The van der Waals surface area contributed by atoms with E-state index in [1.165, 1.54) is 12.1 Å². The van der Waals surface area contributed by atoms with Crippen LogP contribution in [0, 0.1) is 5.82 Å². The smallest absolute Gasteiger partial charge is 0.253 e. The summed E-state index contributed by atoms with van der Waals surface area (Å²) in [5.74, 6) is -0.708. The van der Waals surface area contributed by atoms with Gasteiger partial charge in [-0.3, -0.25) is 4.79 Å². The van der Waals surface area contributed by atoms with E-state index in [0.717, 1.165) is 6.42 Å². The lowest BCUT2D eigenvalue weighted by atomic mass is 10.2. The van der Waals surface area contributed by atoms with Crippen LogP contribution in [0.4, 0.5) is 10.1 Å². The van der Waals surface area contributed by atoms with Gasteiger partial charge in [0.25, 0.3) is 5.91 Å². The van der Waals surface area contributed by atoms with E-state index < -0.39 is 11.9 Å². The monoisotopic (exact) mass is 312 g/mol. The second kappa shape index (κ2) is 8.07. The molecule has 2 atom stereocenters. The molecule has 1 heterocycles. The fourth-order valence-corrected chi connectivity index (χ4v) is 2.23. The molecule has 7 heteroatoms. The normalized spacial score (nSPS) is 20.9. The largest absolute Gasteiger partial charge is 0.488 e. The first-order chi connectivity index (χ1) is 10.6. The zero-order valence-electron chi connectivity index (χ0n) is 12.5. The second-order valence-electron chi connectivity index (χ2n) is 5.04. The number of amides is 1. The van der Waals surface area contributed by atoms with E-state index in [9.17, 15) is 9.18 Å². The van der Waals surface area contributed by atoms with Crippen molar-refractivity contribution in [1.82, 2.24) is 0 Å². The molecule has 22 heavy (non-hydrogen) atoms. The van der Waals surface area contributed by atoms with Gasteiger partial charge in [0, 0.05) is 25.4 Å². The third-order valence-corrected chi connectivity index (χ3v) is 3.41. The highest BCUT2D eigenvalue weighted by atomic mass is 19.1. The van der Waals surface area contributed by atoms with E-state index in [1.54, 1.807) is 13.2 Å². The van der Waals surface area contributed by atoms with Gasteiger partial charge in [-0.05, 0) is 25.0 Å². The molecule has 1 aliphatic rings. The van der Waals surface area contributed by atoms with Crippen LogP contribution < -0.4 is 15.8 Å². The maximum atomic E-state index is 13.9. The van der Waals surface area contributed by atoms with E-state index >= 15 is 0 Å². The van der Waals surface area contributed by atoms with Crippen molar-refractivity contribution in [3.05, 3.63) is 24.0 Å². The maximum absolute atomic E-state index is 13.9. The minimum Gasteiger partial charge on any atom is -0.488 e. The van der Waals surface area contributed by atoms with E-state index in [2.05, 4.69) is 5.32 Å². The molecule has 1 aromatic rings. The van der Waals surface area contributed by atoms with Gasteiger partial charge in [-0.2, -0.15) is 0 Å². The van der Waals surface area contributed by atoms with Gasteiger partial charge in [0.1, 0.15) is 12.7 Å². The van der Waals surface area contributed by atoms with Crippen molar-refractivity contribution in [1.29, 1.82) is 0 Å². The van der Waals surface area contributed by atoms with Gasteiger partial charge in [-0.1, -0.05) is 0 Å². The van der Waals surface area contributed by atoms with Crippen LogP contribution in [0.3, 0.4) is 0 Å². The second-order valence-corrected chi connectivity index (χ2v) is 5.04. The van der Waals surface area contributed by atoms with E-state index in [-0.39, 0.29) is 24.4 Å². The summed E-state index contributed by atoms with van der Waals surface area (Å²) in [7, 11) is 1.54. The van der Waals surface area contributed by atoms with Crippen LogP contribution in [0.2, 0.25) is 0 Å². The first-order valence-corrected chi connectivity index (χ1v) is 7.21. The van der Waals surface area contributed by atoms with Gasteiger partial charge < -0.3 is 25.3 Å². The third-order valence-electron chi connectivity index (χ3n) is 3.41. The lowest BCUT2D eigenvalue weighted by Gasteiger charge is -2.13. The number of benzene rings is 1. The molecule has 0 bridgehead atoms. The summed E-state index contributed by atoms with van der Waals surface area (Å²) in [4.78, 5) is 12.0. The molecule has 0 saturated carbocycles. The molecule has 122 valence electrons. The summed E-state index contributed by atoms with van der Waals surface area (Å²) in [5, 5.41) is 2.64. The summed E-state index contributed by atoms with van der Waals surface area (Å²) in [6, 6.07) is 4.27. The van der Waals surface area contributed by atoms with Gasteiger partial charge in [0.15, 0.2) is 11.6 Å². The lowest BCUT2D eigenvalue weighted by Crippen LogP contribution is -2.29. The van der Waals surface area contributed by atoms with Crippen LogP contribution in [0.25, 0.3) is 0 Å². The number of nitrogens with two attached hydrogens (primary N) is 1. The van der Waals surface area contributed by atoms with Crippen molar-refractivity contribution in [2.45, 2.75) is 25.0 Å². The number of carbonyl (C=O) groups is 1. The molecular formula is C15H21FN2O4. The molecule has 0 aromatic heterocycles. The molecule has 3 N–H and O–H groups in total. The predicted molar refractivity (Wildman–Crippen MR) is 79.4 cm³/mol. The van der Waals surface area contributed by atoms with Gasteiger partial charge in [-0.25, -0.2) is 4.39 Å². The van der Waals surface area contributed by atoms with Crippen LogP contribution in [-0.2, 0) is 14.3 Å². The molecule has 0 radical (unpaired) electrons. The Morgan fingerprint density at radius 1 is 1.45 bits per heavy atom. The van der Waals surface area contributed by atoms with Gasteiger partial charge >= 0.3 is 0 Å². The molecule has 0 unspecified atom stereocenters. The van der Waals surface area contributed by atoms with Crippen LogP contribution in [0.1, 0.15) is 12.8 Å². The Morgan fingerprint density at radius 2 is 2.27 bits per heavy atom. The number of ether oxygens (including phenoxy) is 3. The number of nitrogens with one attached hydrogen (secondary N) is 1. The number of rotatable bonds is 7. The number of halogens is 1. The Hall–Kier alpha value is -1.70. The summed E-state index contributed by atoms with van der Waals surface area (Å²) >= 11 is 0. The average Bonchev–Trinajstić information content (AvgIpc) is 2.99. The fraction of sp³-hybridized carbons (Fsp3) is 0.533. The molecule has 1 fully saturated rings. The Labute approximate surface area is 128 Å². The van der Waals surface area contributed by atoms with Crippen LogP contribution in [0.15, 0.2) is 18.2 Å². The number of carbonyl (C=O) groups excluding carboxylic acids is 1. The van der Waals surface area contributed by atoms with Gasteiger partial charge in [-0.15, -0.1) is 0 Å². The number of methoxy groups -OCH3 is 1. The van der Waals surface area contributed by atoms with Crippen molar-refractivity contribution in [2.75, 3.05) is 32.2 Å². The summed E-state index contributed by atoms with van der Waals surface area (Å²) in [6.07, 6.45) is 0.766. The molecule has 0 aliphatic carbocycles. The van der Waals surface area contributed by atoms with E-state index in [0.29, 0.717) is 25.3 Å². The van der Waals surface area contributed by atoms with E-state index in [4.69, 9.17) is 19.9 Å². The fourth-order valence-electron chi connectivity index (χ4n) is 2.23. The van der Waals surface area contributed by atoms with Crippen LogP contribution in [0.5, 0.6) is 5.75 Å². The minimum absolute atomic E-state index is 0.0796. The highest BCUT2D eigenvalue weighted by Crippen LogP contribution is 2.23. The zero-order chi connectivity index (χ0) is 15.9. The molecular weight excluding hydrogens is 291 g/mol. The first-order valence-electron chi connectivity index (χ1n) is 7.21. The quantitative estimate of drug-likeness (QED) is 0.742. The van der Waals surface area contributed by atoms with Crippen molar-refractivity contribution < 1.29 is 23.4 Å². The van der Waals surface area contributed by atoms with Crippen molar-refractivity contribution in [2.24, 2.45) is 5.73 Å². The maximum Gasteiger partial charge on any atom is 0.253 e. The molecule has 1 amide bonds.